The van der Waals surface area contributed by atoms with Crippen molar-refractivity contribution >= 4 is 38.9 Å². The number of nitrogens with zero attached hydrogens (tertiary/aromatic N) is 4. The monoisotopic (exact) mass is 528 g/mol. The van der Waals surface area contributed by atoms with Crippen LogP contribution in [-0.4, -0.2) is 77.8 Å². The molecule has 0 saturated carbocycles. The third-order valence-corrected chi connectivity index (χ3v) is 6.16. The second-order valence-electron chi connectivity index (χ2n) is 6.98. The van der Waals surface area contributed by atoms with E-state index >= 15 is 0 Å². The standard InChI is InChI=1S/C19H20N4O10S2/c24-5-8-30-18-20-17(23-3-6-29-7-4-23)21-19(22-18)31-13-2-1-12-9-14(34-33-32-25)11-16(15(12)10-13)35(26,27)28/h1-2,9-11,24-25H,3-8H2,(H,26,27,28). The SMILES string of the molecule is O=S(=O)(O)c1cc(SOOO)cc2ccc(Oc3nc(OCCO)nc(N4CCOCC4)n3)cc12. The molecular formula is C19H20N4O10S2. The van der Waals surface area contributed by atoms with Crippen molar-refractivity contribution < 1.29 is 46.9 Å². The van der Waals surface area contributed by atoms with Crippen LogP contribution in [0.4, 0.5) is 5.95 Å². The third kappa shape index (κ3) is 6.44. The van der Waals surface area contributed by atoms with Crippen LogP contribution in [0.5, 0.6) is 17.8 Å². The van der Waals surface area contributed by atoms with Gasteiger partial charge < -0.3 is 24.2 Å². The first-order chi connectivity index (χ1) is 16.9. The van der Waals surface area contributed by atoms with Crippen LogP contribution in [0.1, 0.15) is 0 Å². The summed E-state index contributed by atoms with van der Waals surface area (Å²) in [5, 5.41) is 21.5. The minimum Gasteiger partial charge on any atom is -0.461 e. The Morgan fingerprint density at radius 3 is 2.57 bits per heavy atom. The van der Waals surface area contributed by atoms with Gasteiger partial charge in [-0.05, 0) is 29.7 Å². The fourth-order valence-electron chi connectivity index (χ4n) is 3.24. The van der Waals surface area contributed by atoms with E-state index in [1.54, 1.807) is 18.2 Å². The molecule has 0 amide bonds. The Bertz CT molecular complexity index is 1290. The van der Waals surface area contributed by atoms with Crippen molar-refractivity contribution in [1.82, 2.24) is 15.0 Å². The lowest BCUT2D eigenvalue weighted by molar-refractivity contribution is -0.432. The van der Waals surface area contributed by atoms with E-state index in [4.69, 9.17) is 24.6 Å². The number of aliphatic hydroxyl groups is 1. The van der Waals surface area contributed by atoms with Crippen LogP contribution >= 0.6 is 12.0 Å². The Morgan fingerprint density at radius 1 is 1.09 bits per heavy atom. The van der Waals surface area contributed by atoms with Gasteiger partial charge in [0.05, 0.1) is 31.9 Å². The lowest BCUT2D eigenvalue weighted by Crippen LogP contribution is -2.37. The van der Waals surface area contributed by atoms with Crippen LogP contribution in [-0.2, 0) is 24.2 Å². The summed E-state index contributed by atoms with van der Waals surface area (Å²) in [7, 11) is -4.64. The smallest absolute Gasteiger partial charge is 0.330 e. The Labute approximate surface area is 203 Å². The number of rotatable bonds is 10. The van der Waals surface area contributed by atoms with Crippen molar-refractivity contribution in [2.45, 2.75) is 9.79 Å². The molecule has 0 atom stereocenters. The van der Waals surface area contributed by atoms with Gasteiger partial charge in [-0.3, -0.25) is 4.55 Å². The molecule has 1 aromatic heterocycles. The van der Waals surface area contributed by atoms with Crippen molar-refractivity contribution in [3.63, 3.8) is 0 Å². The molecule has 3 aromatic rings. The summed E-state index contributed by atoms with van der Waals surface area (Å²) in [5.74, 6) is 0.461. The van der Waals surface area contributed by atoms with Gasteiger partial charge in [0, 0.05) is 23.4 Å². The van der Waals surface area contributed by atoms with Crippen LogP contribution in [0.15, 0.2) is 40.1 Å². The van der Waals surface area contributed by atoms with Gasteiger partial charge in [-0.25, -0.2) is 5.26 Å². The van der Waals surface area contributed by atoms with Gasteiger partial charge >= 0.3 is 12.0 Å². The molecule has 1 aliphatic heterocycles. The predicted molar refractivity (Wildman–Crippen MR) is 120 cm³/mol. The quantitative estimate of drug-likeness (QED) is 0.149. The molecule has 0 aliphatic carbocycles. The molecule has 1 fully saturated rings. The van der Waals surface area contributed by atoms with Crippen molar-refractivity contribution in [2.24, 2.45) is 0 Å². The summed E-state index contributed by atoms with van der Waals surface area (Å²) in [6, 6.07) is 7.00. The molecule has 188 valence electrons. The molecule has 1 aliphatic rings. The maximum atomic E-state index is 12.0. The molecule has 2 aromatic carbocycles. The molecule has 14 nitrogen and oxygen atoms in total. The van der Waals surface area contributed by atoms with Crippen molar-refractivity contribution in [2.75, 3.05) is 44.4 Å². The van der Waals surface area contributed by atoms with E-state index in [-0.39, 0.29) is 41.3 Å². The summed E-state index contributed by atoms with van der Waals surface area (Å²) in [6.07, 6.45) is 0. The molecule has 4 rings (SSSR count). The highest BCUT2D eigenvalue weighted by molar-refractivity contribution is 7.94. The fraction of sp³-hybridized carbons (Fsp3) is 0.316. The Kier molecular flexibility index (Phi) is 8.14. The molecule has 2 heterocycles. The first kappa shape index (κ1) is 25.3. The van der Waals surface area contributed by atoms with Crippen molar-refractivity contribution in [3.05, 3.63) is 30.3 Å². The average molecular weight is 529 g/mol. The molecule has 35 heavy (non-hydrogen) atoms. The first-order valence-corrected chi connectivity index (χ1v) is 12.3. The highest BCUT2D eigenvalue weighted by Crippen LogP contribution is 2.34. The molecule has 0 bridgehead atoms. The van der Waals surface area contributed by atoms with E-state index in [0.29, 0.717) is 49.7 Å². The van der Waals surface area contributed by atoms with E-state index < -0.39 is 15.0 Å². The zero-order chi connectivity index (χ0) is 24.8. The summed E-state index contributed by atoms with van der Waals surface area (Å²) in [5.41, 5.74) is 0. The van der Waals surface area contributed by atoms with Crippen LogP contribution in [0.3, 0.4) is 0 Å². The lowest BCUT2D eigenvalue weighted by Gasteiger charge is -2.26. The van der Waals surface area contributed by atoms with Crippen molar-refractivity contribution in [3.8, 4) is 17.8 Å². The molecule has 1 saturated heterocycles. The minimum atomic E-state index is -4.64. The zero-order valence-corrected chi connectivity index (χ0v) is 19.6. The molecule has 0 spiro atoms. The van der Waals surface area contributed by atoms with E-state index in [9.17, 15) is 13.0 Å². The molecule has 16 heteroatoms. The van der Waals surface area contributed by atoms with E-state index in [1.807, 2.05) is 4.90 Å². The number of hydrogen-bond donors (Lipinski definition) is 3. The van der Waals surface area contributed by atoms with E-state index in [1.165, 1.54) is 6.07 Å². The maximum Gasteiger partial charge on any atom is 0.330 e. The van der Waals surface area contributed by atoms with E-state index in [0.717, 1.165) is 6.07 Å². The Balaban J connectivity index is 1.70. The van der Waals surface area contributed by atoms with Crippen LogP contribution in [0.2, 0.25) is 0 Å². The van der Waals surface area contributed by atoms with Gasteiger partial charge in [0.1, 0.15) is 17.3 Å². The number of anilines is 1. The Hall–Kier alpha value is -2.83. The number of hydrogen-bond acceptors (Lipinski definition) is 14. The molecule has 0 radical (unpaired) electrons. The third-order valence-electron chi connectivity index (χ3n) is 4.71. The summed E-state index contributed by atoms with van der Waals surface area (Å²) in [4.78, 5) is 14.3. The highest BCUT2D eigenvalue weighted by Gasteiger charge is 2.20. The highest BCUT2D eigenvalue weighted by atomic mass is 32.2. The van der Waals surface area contributed by atoms with Gasteiger partial charge in [0.15, 0.2) is 0 Å². The number of benzene rings is 2. The van der Waals surface area contributed by atoms with Gasteiger partial charge in [-0.2, -0.15) is 18.4 Å². The number of ether oxygens (including phenoxy) is 3. The first-order valence-electron chi connectivity index (χ1n) is 10.1. The largest absolute Gasteiger partial charge is 0.461 e. The number of fused-ring (bicyclic) bond motifs is 1. The minimum absolute atomic E-state index is 0.0366. The zero-order valence-electron chi connectivity index (χ0n) is 17.9. The van der Waals surface area contributed by atoms with Crippen LogP contribution in [0.25, 0.3) is 10.8 Å². The van der Waals surface area contributed by atoms with Crippen LogP contribution in [0, 0.1) is 0 Å². The lowest BCUT2D eigenvalue weighted by atomic mass is 10.1. The van der Waals surface area contributed by atoms with Crippen molar-refractivity contribution in [1.29, 1.82) is 0 Å². The summed E-state index contributed by atoms with van der Waals surface area (Å²) in [6.45, 7) is 1.80. The molecular weight excluding hydrogens is 508 g/mol. The molecule has 3 N–H and O–H groups in total. The number of aliphatic hydroxyl groups excluding tert-OH is 1. The number of aromatic nitrogens is 3. The Morgan fingerprint density at radius 2 is 1.86 bits per heavy atom. The van der Waals surface area contributed by atoms with Gasteiger partial charge in [0.2, 0.25) is 5.95 Å². The fourth-order valence-corrected chi connectivity index (χ4v) is 4.50. The average Bonchev–Trinajstić information content (AvgIpc) is 2.85. The van der Waals surface area contributed by atoms with Gasteiger partial charge in [-0.1, -0.05) is 11.1 Å². The van der Waals surface area contributed by atoms with E-state index in [2.05, 4.69) is 24.3 Å². The summed E-state index contributed by atoms with van der Waals surface area (Å²) < 4.78 is 54.6. The second-order valence-corrected chi connectivity index (χ2v) is 9.14. The second kappa shape index (κ2) is 11.3. The van der Waals surface area contributed by atoms with Crippen LogP contribution < -0.4 is 14.4 Å². The maximum absolute atomic E-state index is 12.0. The topological polar surface area (TPSA) is 183 Å². The van der Waals surface area contributed by atoms with Gasteiger partial charge in [-0.15, -0.1) is 9.32 Å². The predicted octanol–water partition coefficient (Wildman–Crippen LogP) is 1.70. The molecule has 0 unspecified atom stereocenters. The van der Waals surface area contributed by atoms with Gasteiger partial charge in [0.25, 0.3) is 10.1 Å². The summed E-state index contributed by atoms with van der Waals surface area (Å²) >= 11 is 0.544. The number of morpholine rings is 1. The normalized spacial score (nSPS) is 14.3.